The van der Waals surface area contributed by atoms with Gasteiger partial charge >= 0.3 is 6.18 Å². The van der Waals surface area contributed by atoms with Crippen molar-refractivity contribution >= 4 is 0 Å². The van der Waals surface area contributed by atoms with Crippen LogP contribution in [-0.2, 0) is 6.18 Å². The lowest BCUT2D eigenvalue weighted by Crippen LogP contribution is -2.40. The lowest BCUT2D eigenvalue weighted by atomic mass is 10.0. The molecule has 0 bridgehead atoms. The van der Waals surface area contributed by atoms with E-state index in [0.29, 0.717) is 6.04 Å². The number of nitrogens with one attached hydrogen (secondary N) is 2. The molecule has 1 aromatic rings. The number of benzene rings is 1. The van der Waals surface area contributed by atoms with Crippen LogP contribution in [0.2, 0.25) is 0 Å². The molecule has 5 heteroatoms. The Bertz CT molecular complexity index is 394. The van der Waals surface area contributed by atoms with E-state index in [1.807, 2.05) is 6.92 Å². The molecule has 1 heterocycles. The maximum absolute atomic E-state index is 12.5. The molecule has 1 aliphatic heterocycles. The number of hydrogen-bond donors (Lipinski definition) is 2. The van der Waals surface area contributed by atoms with E-state index in [4.69, 9.17) is 0 Å². The molecule has 1 unspecified atom stereocenters. The second-order valence-electron chi connectivity index (χ2n) is 5.03. The highest BCUT2D eigenvalue weighted by Gasteiger charge is 2.30. The minimum absolute atomic E-state index is 0.0744. The zero-order valence-electron chi connectivity index (χ0n) is 10.9. The van der Waals surface area contributed by atoms with Crippen molar-refractivity contribution in [2.75, 3.05) is 13.1 Å². The fraction of sp³-hybridized carbons (Fsp3) is 0.571. The van der Waals surface area contributed by atoms with Crippen LogP contribution in [0.15, 0.2) is 24.3 Å². The summed E-state index contributed by atoms with van der Waals surface area (Å²) in [5, 5.41) is 6.76. The van der Waals surface area contributed by atoms with Crippen molar-refractivity contribution in [1.82, 2.24) is 10.6 Å². The van der Waals surface area contributed by atoms with Gasteiger partial charge in [-0.2, -0.15) is 13.2 Å². The van der Waals surface area contributed by atoms with Gasteiger partial charge in [-0.1, -0.05) is 12.1 Å². The first-order valence-corrected chi connectivity index (χ1v) is 6.61. The predicted octanol–water partition coefficient (Wildman–Crippen LogP) is 3.11. The summed E-state index contributed by atoms with van der Waals surface area (Å²) in [6.45, 7) is 3.99. The van der Waals surface area contributed by atoms with Gasteiger partial charge in [0.2, 0.25) is 0 Å². The Labute approximate surface area is 111 Å². The summed E-state index contributed by atoms with van der Waals surface area (Å²) < 4.78 is 37.4. The zero-order valence-corrected chi connectivity index (χ0v) is 10.9. The molecule has 0 amide bonds. The maximum atomic E-state index is 12.5. The number of rotatable bonds is 3. The monoisotopic (exact) mass is 272 g/mol. The van der Waals surface area contributed by atoms with Crippen LogP contribution in [0.5, 0.6) is 0 Å². The molecule has 1 aliphatic rings. The maximum Gasteiger partial charge on any atom is 0.416 e. The van der Waals surface area contributed by atoms with Crippen LogP contribution in [0.3, 0.4) is 0 Å². The van der Waals surface area contributed by atoms with E-state index in [2.05, 4.69) is 10.6 Å². The van der Waals surface area contributed by atoms with E-state index in [-0.39, 0.29) is 6.04 Å². The number of alkyl halides is 3. The molecule has 0 aromatic heterocycles. The number of halogens is 3. The molecule has 0 saturated carbocycles. The van der Waals surface area contributed by atoms with Crippen LogP contribution in [0.1, 0.15) is 36.9 Å². The van der Waals surface area contributed by atoms with Crippen LogP contribution in [0, 0.1) is 0 Å². The lowest BCUT2D eigenvalue weighted by molar-refractivity contribution is -0.137. The van der Waals surface area contributed by atoms with Gasteiger partial charge in [0.25, 0.3) is 0 Å². The zero-order chi connectivity index (χ0) is 13.9. The van der Waals surface area contributed by atoms with Crippen molar-refractivity contribution in [2.24, 2.45) is 0 Å². The van der Waals surface area contributed by atoms with E-state index < -0.39 is 11.7 Å². The van der Waals surface area contributed by atoms with E-state index in [1.54, 1.807) is 12.1 Å². The van der Waals surface area contributed by atoms with Crippen LogP contribution in [0.4, 0.5) is 13.2 Å². The quantitative estimate of drug-likeness (QED) is 0.883. The van der Waals surface area contributed by atoms with Gasteiger partial charge in [0.15, 0.2) is 0 Å². The topological polar surface area (TPSA) is 24.1 Å². The second-order valence-corrected chi connectivity index (χ2v) is 5.03. The summed E-state index contributed by atoms with van der Waals surface area (Å²) in [5.41, 5.74) is 0.303. The van der Waals surface area contributed by atoms with Gasteiger partial charge in [-0.05, 0) is 50.6 Å². The Hall–Kier alpha value is -1.07. The van der Waals surface area contributed by atoms with Crippen molar-refractivity contribution < 1.29 is 13.2 Å². The second kappa shape index (κ2) is 5.92. The highest BCUT2D eigenvalue weighted by atomic mass is 19.4. The van der Waals surface area contributed by atoms with Crippen molar-refractivity contribution in [2.45, 2.75) is 38.0 Å². The molecule has 0 aliphatic carbocycles. The molecule has 19 heavy (non-hydrogen) atoms. The Kier molecular flexibility index (Phi) is 4.47. The van der Waals surface area contributed by atoms with Gasteiger partial charge in [0, 0.05) is 12.1 Å². The summed E-state index contributed by atoms with van der Waals surface area (Å²) in [6.07, 6.45) is -2.14. The molecule has 1 atom stereocenters. The minimum Gasteiger partial charge on any atom is -0.317 e. The third-order valence-corrected chi connectivity index (χ3v) is 3.56. The van der Waals surface area contributed by atoms with E-state index >= 15 is 0 Å². The Morgan fingerprint density at radius 2 is 1.74 bits per heavy atom. The molecule has 1 saturated heterocycles. The van der Waals surface area contributed by atoms with Crippen LogP contribution in [-0.4, -0.2) is 19.1 Å². The standard InChI is InChI=1S/C14H19F3N2/c1-10(19-13-6-8-18-9-7-13)11-2-4-12(5-3-11)14(15,16)17/h2-5,10,13,18-19H,6-9H2,1H3. The number of hydrogen-bond acceptors (Lipinski definition) is 2. The average molecular weight is 272 g/mol. The highest BCUT2D eigenvalue weighted by Crippen LogP contribution is 2.30. The molecular formula is C14H19F3N2. The predicted molar refractivity (Wildman–Crippen MR) is 68.9 cm³/mol. The smallest absolute Gasteiger partial charge is 0.317 e. The lowest BCUT2D eigenvalue weighted by Gasteiger charge is -2.27. The molecule has 2 nitrogen and oxygen atoms in total. The summed E-state index contributed by atoms with van der Waals surface area (Å²) in [4.78, 5) is 0. The Morgan fingerprint density at radius 3 is 2.26 bits per heavy atom. The summed E-state index contributed by atoms with van der Waals surface area (Å²) in [5.74, 6) is 0. The normalized spacial score (nSPS) is 19.4. The Balaban J connectivity index is 1.97. The summed E-state index contributed by atoms with van der Waals surface area (Å²) >= 11 is 0. The summed E-state index contributed by atoms with van der Waals surface area (Å²) in [7, 11) is 0. The minimum atomic E-state index is -4.26. The fourth-order valence-electron chi connectivity index (χ4n) is 2.40. The molecular weight excluding hydrogens is 253 g/mol. The third kappa shape index (κ3) is 3.94. The van der Waals surface area contributed by atoms with Crippen LogP contribution in [0.25, 0.3) is 0 Å². The largest absolute Gasteiger partial charge is 0.416 e. The molecule has 106 valence electrons. The molecule has 1 fully saturated rings. The van der Waals surface area contributed by atoms with Crippen molar-refractivity contribution in [3.05, 3.63) is 35.4 Å². The summed E-state index contributed by atoms with van der Waals surface area (Å²) in [6, 6.07) is 5.93. The SMILES string of the molecule is CC(NC1CCNCC1)c1ccc(C(F)(F)F)cc1. The van der Waals surface area contributed by atoms with Crippen LogP contribution < -0.4 is 10.6 Å². The third-order valence-electron chi connectivity index (χ3n) is 3.56. The van der Waals surface area contributed by atoms with Gasteiger partial charge < -0.3 is 10.6 Å². The highest BCUT2D eigenvalue weighted by molar-refractivity contribution is 5.26. The van der Waals surface area contributed by atoms with Gasteiger partial charge in [-0.3, -0.25) is 0 Å². The van der Waals surface area contributed by atoms with Crippen molar-refractivity contribution in [3.63, 3.8) is 0 Å². The average Bonchev–Trinajstić information content (AvgIpc) is 2.39. The van der Waals surface area contributed by atoms with Gasteiger partial charge in [0.05, 0.1) is 5.56 Å². The first-order chi connectivity index (χ1) is 8.97. The van der Waals surface area contributed by atoms with E-state index in [0.717, 1.165) is 43.6 Å². The van der Waals surface area contributed by atoms with Gasteiger partial charge in [-0.15, -0.1) is 0 Å². The van der Waals surface area contributed by atoms with Gasteiger partial charge in [0.1, 0.15) is 0 Å². The molecule has 0 radical (unpaired) electrons. The van der Waals surface area contributed by atoms with Gasteiger partial charge in [-0.25, -0.2) is 0 Å². The molecule has 0 spiro atoms. The number of piperidine rings is 1. The molecule has 1 aromatic carbocycles. The van der Waals surface area contributed by atoms with E-state index in [9.17, 15) is 13.2 Å². The van der Waals surface area contributed by atoms with Crippen molar-refractivity contribution in [3.8, 4) is 0 Å². The molecule has 2 N–H and O–H groups in total. The first-order valence-electron chi connectivity index (χ1n) is 6.61. The Morgan fingerprint density at radius 1 is 1.16 bits per heavy atom. The van der Waals surface area contributed by atoms with Crippen LogP contribution >= 0.6 is 0 Å². The fourth-order valence-corrected chi connectivity index (χ4v) is 2.40. The van der Waals surface area contributed by atoms with Crippen molar-refractivity contribution in [1.29, 1.82) is 0 Å². The molecule has 2 rings (SSSR count). The van der Waals surface area contributed by atoms with E-state index in [1.165, 1.54) is 0 Å². The first kappa shape index (κ1) is 14.3.